The van der Waals surface area contributed by atoms with Crippen molar-refractivity contribution in [2.24, 2.45) is 0 Å². The van der Waals surface area contributed by atoms with E-state index in [4.69, 9.17) is 30.3 Å². The highest BCUT2D eigenvalue weighted by atomic mass is 32.4. The van der Waals surface area contributed by atoms with E-state index in [0.717, 1.165) is 10.6 Å². The van der Waals surface area contributed by atoms with E-state index in [0.29, 0.717) is 5.75 Å². The first kappa shape index (κ1) is 23.2. The minimum absolute atomic E-state index is 0.0777. The summed E-state index contributed by atoms with van der Waals surface area (Å²) in [4.78, 5) is 37.6. The summed E-state index contributed by atoms with van der Waals surface area (Å²) >= 11 is 5.22. The maximum Gasteiger partial charge on any atom is 0.573 e. The first-order valence-electron chi connectivity index (χ1n) is 9.44. The van der Waals surface area contributed by atoms with Gasteiger partial charge in [0.1, 0.15) is 18.3 Å². The summed E-state index contributed by atoms with van der Waals surface area (Å²) < 4.78 is 23.4. The number of hydrogen-bond donors (Lipinski definition) is 2. The van der Waals surface area contributed by atoms with E-state index in [1.807, 2.05) is 6.07 Å². The molecular formula is C19H22N2O8PS+. The molecule has 0 radical (unpaired) electrons. The van der Waals surface area contributed by atoms with E-state index in [1.165, 1.54) is 13.1 Å². The van der Waals surface area contributed by atoms with Gasteiger partial charge in [0.15, 0.2) is 18.1 Å². The molecule has 1 fully saturated rings. The van der Waals surface area contributed by atoms with Gasteiger partial charge in [0.05, 0.1) is 0 Å². The van der Waals surface area contributed by atoms with Gasteiger partial charge >= 0.3 is 18.8 Å². The van der Waals surface area contributed by atoms with E-state index in [9.17, 15) is 19.5 Å². The van der Waals surface area contributed by atoms with Crippen molar-refractivity contribution < 1.29 is 28.4 Å². The molecule has 0 amide bonds. The zero-order chi connectivity index (χ0) is 22.6. The van der Waals surface area contributed by atoms with Crippen LogP contribution in [-0.2, 0) is 30.6 Å². The van der Waals surface area contributed by atoms with Gasteiger partial charge in [-0.2, -0.15) is 0 Å². The monoisotopic (exact) mass is 469 g/mol. The van der Waals surface area contributed by atoms with Gasteiger partial charge in [-0.05, 0) is 19.1 Å². The summed E-state index contributed by atoms with van der Waals surface area (Å²) in [7, 11) is -1.76. The second kappa shape index (κ2) is 9.80. The highest BCUT2D eigenvalue weighted by molar-refractivity contribution is 8.00. The Kier molecular flexibility index (Phi) is 7.34. The number of H-pyrrole nitrogens is 1. The number of hydrogen-bond acceptors (Lipinski definition) is 9. The van der Waals surface area contributed by atoms with Crippen molar-refractivity contribution >= 4 is 24.9 Å². The fraction of sp³-hybridized carbons (Fsp3) is 0.421. The Bertz CT molecular complexity index is 1050. The molecule has 0 saturated carbocycles. The SMILES string of the molecule is CCC(=O)OC1C(CO[P+](=S)Oc2ccccc2)OC(n2ccc(=O)[nH]c2=O)C1(C)O. The number of ether oxygens (including phenoxy) is 2. The normalized spacial score (nSPS) is 25.8. The van der Waals surface area contributed by atoms with Crippen molar-refractivity contribution in [3.05, 3.63) is 63.4 Å². The van der Waals surface area contributed by atoms with Gasteiger partial charge in [0, 0.05) is 18.7 Å². The second-order valence-electron chi connectivity index (χ2n) is 6.96. The Labute approximate surface area is 183 Å². The van der Waals surface area contributed by atoms with Crippen LogP contribution in [0.15, 0.2) is 52.2 Å². The molecule has 0 aliphatic carbocycles. The Morgan fingerprint density at radius 3 is 2.68 bits per heavy atom. The number of carbonyl (C=O) groups excluding carboxylic acids is 1. The quantitative estimate of drug-likeness (QED) is 0.435. The first-order valence-corrected chi connectivity index (χ1v) is 11.6. The average molecular weight is 469 g/mol. The fourth-order valence-corrected chi connectivity index (χ4v) is 4.18. The Balaban J connectivity index is 1.79. The molecule has 2 N–H and O–H groups in total. The van der Waals surface area contributed by atoms with E-state index >= 15 is 0 Å². The van der Waals surface area contributed by atoms with Crippen molar-refractivity contribution in [3.8, 4) is 5.75 Å². The van der Waals surface area contributed by atoms with Gasteiger partial charge in [-0.1, -0.05) is 25.1 Å². The number of aromatic nitrogens is 2. The number of nitrogens with zero attached hydrogens (tertiary/aromatic N) is 1. The lowest BCUT2D eigenvalue weighted by atomic mass is 9.96. The van der Waals surface area contributed by atoms with Gasteiger partial charge in [0.2, 0.25) is 11.8 Å². The summed E-state index contributed by atoms with van der Waals surface area (Å²) in [5.74, 6) is -0.0240. The molecule has 1 saturated heterocycles. The van der Waals surface area contributed by atoms with Gasteiger partial charge in [-0.3, -0.25) is 23.7 Å². The van der Waals surface area contributed by atoms with Gasteiger partial charge in [-0.25, -0.2) is 4.79 Å². The third-order valence-corrected chi connectivity index (χ3v) is 5.90. The molecule has 166 valence electrons. The Morgan fingerprint density at radius 1 is 1.32 bits per heavy atom. The molecule has 1 aromatic heterocycles. The summed E-state index contributed by atoms with van der Waals surface area (Å²) in [6.45, 7) is 2.83. The highest BCUT2D eigenvalue weighted by Gasteiger charge is 2.57. The van der Waals surface area contributed by atoms with Crippen LogP contribution in [-0.4, -0.2) is 45.0 Å². The molecule has 1 aromatic carbocycles. The van der Waals surface area contributed by atoms with Crippen LogP contribution in [0.5, 0.6) is 5.75 Å². The van der Waals surface area contributed by atoms with Crippen LogP contribution >= 0.6 is 7.15 Å². The molecule has 2 heterocycles. The highest BCUT2D eigenvalue weighted by Crippen LogP contribution is 2.40. The summed E-state index contributed by atoms with van der Waals surface area (Å²) in [5, 5.41) is 11.1. The fourth-order valence-electron chi connectivity index (χ4n) is 3.13. The molecule has 31 heavy (non-hydrogen) atoms. The van der Waals surface area contributed by atoms with E-state index < -0.39 is 48.4 Å². The maximum atomic E-state index is 12.2. The largest absolute Gasteiger partial charge is 0.573 e. The van der Waals surface area contributed by atoms with Crippen LogP contribution in [0.1, 0.15) is 26.5 Å². The zero-order valence-electron chi connectivity index (χ0n) is 16.8. The minimum atomic E-state index is -1.80. The van der Waals surface area contributed by atoms with Crippen LogP contribution in [0, 0.1) is 0 Å². The van der Waals surface area contributed by atoms with Crippen molar-refractivity contribution in [3.63, 3.8) is 0 Å². The number of aromatic amines is 1. The summed E-state index contributed by atoms with van der Waals surface area (Å²) in [6, 6.07) is 9.99. The molecule has 0 spiro atoms. The zero-order valence-corrected chi connectivity index (χ0v) is 18.5. The molecule has 12 heteroatoms. The van der Waals surface area contributed by atoms with Crippen molar-refractivity contribution in [2.75, 3.05) is 6.61 Å². The molecular weight excluding hydrogens is 447 g/mol. The third-order valence-electron chi connectivity index (χ3n) is 4.64. The lowest BCUT2D eigenvalue weighted by molar-refractivity contribution is -0.163. The number of esters is 1. The Hall–Kier alpha value is -2.43. The molecule has 5 unspecified atom stereocenters. The van der Waals surface area contributed by atoms with E-state index in [-0.39, 0.29) is 13.0 Å². The van der Waals surface area contributed by atoms with Crippen molar-refractivity contribution in [1.82, 2.24) is 9.55 Å². The predicted octanol–water partition coefficient (Wildman–Crippen LogP) is 1.38. The third kappa shape index (κ3) is 5.44. The van der Waals surface area contributed by atoms with Crippen LogP contribution < -0.4 is 15.8 Å². The topological polar surface area (TPSA) is 129 Å². The molecule has 10 nitrogen and oxygen atoms in total. The number of aliphatic hydroxyl groups is 1. The standard InChI is InChI=1S/C19H21N2O8PS/c1-3-15(23)28-16-13(11-26-30(31)29-12-7-5-4-6-8-12)27-17(19(16,2)25)21-10-9-14(22)20-18(21)24/h4-10,13,16-17,25H,3,11H2,1-2H3/p+1. The number of nitrogens with one attached hydrogen (secondary N) is 1. The van der Waals surface area contributed by atoms with Crippen LogP contribution in [0.4, 0.5) is 0 Å². The molecule has 2 aromatic rings. The number of para-hydroxylation sites is 1. The van der Waals surface area contributed by atoms with E-state index in [2.05, 4.69) is 4.98 Å². The van der Waals surface area contributed by atoms with Crippen molar-refractivity contribution in [1.29, 1.82) is 0 Å². The molecule has 1 aliphatic heterocycles. The average Bonchev–Trinajstić information content (AvgIpc) is 2.97. The lowest BCUT2D eigenvalue weighted by Crippen LogP contribution is -2.49. The van der Waals surface area contributed by atoms with Gasteiger partial charge in [-0.15, -0.1) is 4.52 Å². The minimum Gasteiger partial charge on any atom is -0.456 e. The second-order valence-corrected chi connectivity index (χ2v) is 8.74. The number of rotatable bonds is 8. The first-order chi connectivity index (χ1) is 14.7. The van der Waals surface area contributed by atoms with E-state index in [1.54, 1.807) is 31.2 Å². The maximum absolute atomic E-state index is 12.2. The van der Waals surface area contributed by atoms with Gasteiger partial charge < -0.3 is 14.6 Å². The van der Waals surface area contributed by atoms with Crippen molar-refractivity contribution in [2.45, 2.75) is 44.3 Å². The smallest absolute Gasteiger partial charge is 0.456 e. The molecule has 3 rings (SSSR count). The molecule has 5 atom stereocenters. The van der Waals surface area contributed by atoms with Crippen LogP contribution in [0.3, 0.4) is 0 Å². The van der Waals surface area contributed by atoms with Gasteiger partial charge in [0.25, 0.3) is 5.56 Å². The summed E-state index contributed by atoms with van der Waals surface area (Å²) in [5.41, 5.74) is -3.17. The van der Waals surface area contributed by atoms with Crippen LogP contribution in [0.2, 0.25) is 0 Å². The van der Waals surface area contributed by atoms with Crippen LogP contribution in [0.25, 0.3) is 0 Å². The molecule has 1 aliphatic rings. The predicted molar refractivity (Wildman–Crippen MR) is 113 cm³/mol. The Morgan fingerprint density at radius 2 is 2.03 bits per heavy atom. The lowest BCUT2D eigenvalue weighted by Gasteiger charge is -2.29. The number of carbonyl (C=O) groups is 1. The molecule has 0 bridgehead atoms. The summed E-state index contributed by atoms with van der Waals surface area (Å²) in [6.07, 6.45) is -2.07. The number of benzene rings is 1.